The number of para-hydroxylation sites is 2. The molecular formula is C20H17F3N6. The van der Waals surface area contributed by atoms with Crippen molar-refractivity contribution in [3.8, 4) is 5.82 Å². The maximum absolute atomic E-state index is 12.7. The van der Waals surface area contributed by atoms with Gasteiger partial charge in [0.05, 0.1) is 29.0 Å². The molecule has 0 saturated heterocycles. The number of benzene rings is 2. The van der Waals surface area contributed by atoms with Crippen LogP contribution in [-0.2, 0) is 6.18 Å². The zero-order valence-corrected chi connectivity index (χ0v) is 15.4. The molecule has 29 heavy (non-hydrogen) atoms. The van der Waals surface area contributed by atoms with Gasteiger partial charge in [-0.3, -0.25) is 9.55 Å². The van der Waals surface area contributed by atoms with Gasteiger partial charge >= 0.3 is 6.18 Å². The number of hydrogen-bond acceptors (Lipinski definition) is 5. The first-order chi connectivity index (χ1) is 14.0. The highest BCUT2D eigenvalue weighted by Crippen LogP contribution is 2.30. The molecule has 0 aliphatic rings. The van der Waals surface area contributed by atoms with E-state index in [1.54, 1.807) is 6.20 Å². The molecule has 0 fully saturated rings. The van der Waals surface area contributed by atoms with Crippen molar-refractivity contribution in [2.24, 2.45) is 0 Å². The lowest BCUT2D eigenvalue weighted by molar-refractivity contribution is -0.137. The molecule has 0 bridgehead atoms. The van der Waals surface area contributed by atoms with E-state index in [1.807, 2.05) is 35.8 Å². The minimum Gasteiger partial charge on any atom is -0.356 e. The van der Waals surface area contributed by atoms with E-state index in [0.29, 0.717) is 29.8 Å². The van der Waals surface area contributed by atoms with E-state index in [0.717, 1.165) is 23.2 Å². The van der Waals surface area contributed by atoms with E-state index in [9.17, 15) is 13.2 Å². The summed E-state index contributed by atoms with van der Waals surface area (Å²) in [5.74, 6) is 1.57. The third-order valence-corrected chi connectivity index (χ3v) is 4.23. The first-order valence-electron chi connectivity index (χ1n) is 8.94. The van der Waals surface area contributed by atoms with Gasteiger partial charge in [0, 0.05) is 12.2 Å². The molecule has 4 aromatic rings. The van der Waals surface area contributed by atoms with Gasteiger partial charge < -0.3 is 10.6 Å². The molecule has 0 aliphatic carbocycles. The predicted molar refractivity (Wildman–Crippen MR) is 106 cm³/mol. The third-order valence-electron chi connectivity index (χ3n) is 4.23. The van der Waals surface area contributed by atoms with Crippen molar-refractivity contribution < 1.29 is 13.2 Å². The fourth-order valence-corrected chi connectivity index (χ4v) is 2.95. The lowest BCUT2D eigenvalue weighted by atomic mass is 10.2. The van der Waals surface area contributed by atoms with Gasteiger partial charge in [-0.2, -0.15) is 13.2 Å². The van der Waals surface area contributed by atoms with E-state index in [-0.39, 0.29) is 0 Å². The Labute approximate surface area is 164 Å². The van der Waals surface area contributed by atoms with Crippen LogP contribution in [0.2, 0.25) is 0 Å². The van der Waals surface area contributed by atoms with Crippen LogP contribution in [-0.4, -0.2) is 26.1 Å². The molecule has 9 heteroatoms. The van der Waals surface area contributed by atoms with E-state index >= 15 is 0 Å². The average molecular weight is 398 g/mol. The van der Waals surface area contributed by atoms with Gasteiger partial charge in [-0.15, -0.1) is 0 Å². The van der Waals surface area contributed by atoms with Crippen LogP contribution in [0.5, 0.6) is 0 Å². The van der Waals surface area contributed by atoms with Gasteiger partial charge in [-0.05, 0) is 43.3 Å². The van der Waals surface area contributed by atoms with Crippen LogP contribution in [0, 0.1) is 0 Å². The molecule has 0 aliphatic heterocycles. The molecule has 0 radical (unpaired) electrons. The molecular weight excluding hydrogens is 381 g/mol. The normalized spacial score (nSPS) is 11.6. The monoisotopic (exact) mass is 398 g/mol. The van der Waals surface area contributed by atoms with E-state index in [4.69, 9.17) is 0 Å². The van der Waals surface area contributed by atoms with Crippen molar-refractivity contribution in [1.82, 2.24) is 19.5 Å². The largest absolute Gasteiger partial charge is 0.416 e. The molecule has 6 nitrogen and oxygen atoms in total. The Morgan fingerprint density at radius 1 is 0.966 bits per heavy atom. The summed E-state index contributed by atoms with van der Waals surface area (Å²) in [6.07, 6.45) is -1.26. The highest BCUT2D eigenvalue weighted by Gasteiger charge is 2.29. The van der Waals surface area contributed by atoms with Crippen molar-refractivity contribution in [2.75, 3.05) is 17.2 Å². The summed E-state index contributed by atoms with van der Waals surface area (Å²) in [7, 11) is 0. The van der Waals surface area contributed by atoms with Gasteiger partial charge in [0.25, 0.3) is 0 Å². The molecule has 0 unspecified atom stereocenters. The summed E-state index contributed by atoms with van der Waals surface area (Å²) in [6.45, 7) is 2.65. The summed E-state index contributed by atoms with van der Waals surface area (Å²) in [6, 6.07) is 12.4. The highest BCUT2D eigenvalue weighted by atomic mass is 19.4. The second-order valence-electron chi connectivity index (χ2n) is 6.25. The summed E-state index contributed by atoms with van der Waals surface area (Å²) >= 11 is 0. The minimum atomic E-state index is -4.37. The van der Waals surface area contributed by atoms with Crippen LogP contribution in [0.3, 0.4) is 0 Å². The second kappa shape index (κ2) is 7.42. The van der Waals surface area contributed by atoms with Crippen molar-refractivity contribution in [2.45, 2.75) is 13.1 Å². The predicted octanol–water partition coefficient (Wildman–Crippen LogP) is 5.01. The molecule has 2 N–H and O–H groups in total. The lowest BCUT2D eigenvalue weighted by Gasteiger charge is -2.11. The topological polar surface area (TPSA) is 67.7 Å². The number of fused-ring (bicyclic) bond motifs is 1. The fraction of sp³-hybridized carbons (Fsp3) is 0.150. The maximum Gasteiger partial charge on any atom is 0.416 e. The number of nitrogens with zero attached hydrogens (tertiary/aromatic N) is 4. The Hall–Kier alpha value is -3.62. The quantitative estimate of drug-likeness (QED) is 0.495. The van der Waals surface area contributed by atoms with Crippen molar-refractivity contribution in [3.63, 3.8) is 0 Å². The van der Waals surface area contributed by atoms with E-state index < -0.39 is 11.7 Å². The van der Waals surface area contributed by atoms with Crippen molar-refractivity contribution in [1.29, 1.82) is 0 Å². The fourth-order valence-electron chi connectivity index (χ4n) is 2.95. The Morgan fingerprint density at radius 3 is 2.45 bits per heavy atom. The summed E-state index contributed by atoms with van der Waals surface area (Å²) < 4.78 is 40.0. The minimum absolute atomic E-state index is 0.405. The zero-order chi connectivity index (χ0) is 20.4. The Bertz CT molecular complexity index is 1140. The van der Waals surface area contributed by atoms with Gasteiger partial charge in [0.2, 0.25) is 5.95 Å². The standard InChI is InChI=1S/C20H17F3N6/c1-2-25-19-27-15-5-3-4-6-16(15)29(19)18-12-24-11-17(28-18)26-14-9-7-13(8-10-14)20(21,22)23/h3-12H,2H2,1H3,(H,25,27)(H,26,28). The Balaban J connectivity index is 1.68. The average Bonchev–Trinajstić information content (AvgIpc) is 3.06. The highest BCUT2D eigenvalue weighted by molar-refractivity contribution is 5.80. The number of anilines is 3. The molecule has 4 rings (SSSR count). The van der Waals surface area contributed by atoms with Gasteiger partial charge in [-0.25, -0.2) is 9.97 Å². The molecule has 148 valence electrons. The van der Waals surface area contributed by atoms with Crippen molar-refractivity contribution in [3.05, 3.63) is 66.5 Å². The Kier molecular flexibility index (Phi) is 4.79. The smallest absolute Gasteiger partial charge is 0.356 e. The van der Waals surface area contributed by atoms with Crippen LogP contribution in [0.1, 0.15) is 12.5 Å². The van der Waals surface area contributed by atoms with Gasteiger partial charge in [-0.1, -0.05) is 12.1 Å². The lowest BCUT2D eigenvalue weighted by Crippen LogP contribution is -2.08. The molecule has 2 aromatic carbocycles. The molecule has 0 amide bonds. The van der Waals surface area contributed by atoms with Crippen molar-refractivity contribution >= 4 is 28.5 Å². The summed E-state index contributed by atoms with van der Waals surface area (Å²) in [5, 5.41) is 6.20. The van der Waals surface area contributed by atoms with E-state index in [1.165, 1.54) is 18.3 Å². The molecule has 2 aromatic heterocycles. The molecule has 2 heterocycles. The molecule has 0 saturated carbocycles. The number of aromatic nitrogens is 4. The number of nitrogens with one attached hydrogen (secondary N) is 2. The number of halogens is 3. The van der Waals surface area contributed by atoms with Crippen LogP contribution >= 0.6 is 0 Å². The van der Waals surface area contributed by atoms with Gasteiger partial charge in [0.15, 0.2) is 11.6 Å². The van der Waals surface area contributed by atoms with Crippen LogP contribution in [0.15, 0.2) is 60.9 Å². The third kappa shape index (κ3) is 3.84. The Morgan fingerprint density at radius 2 is 1.72 bits per heavy atom. The summed E-state index contributed by atoms with van der Waals surface area (Å²) in [5.41, 5.74) is 1.45. The summed E-state index contributed by atoms with van der Waals surface area (Å²) in [4.78, 5) is 13.4. The maximum atomic E-state index is 12.7. The molecule has 0 spiro atoms. The van der Waals surface area contributed by atoms with Crippen LogP contribution in [0.4, 0.5) is 30.6 Å². The first-order valence-corrected chi connectivity index (χ1v) is 8.94. The van der Waals surface area contributed by atoms with Crippen LogP contribution < -0.4 is 10.6 Å². The molecule has 0 atom stereocenters. The zero-order valence-electron chi connectivity index (χ0n) is 15.4. The first kappa shape index (κ1) is 18.7. The van der Waals surface area contributed by atoms with Crippen LogP contribution in [0.25, 0.3) is 16.9 Å². The second-order valence-corrected chi connectivity index (χ2v) is 6.25. The SMILES string of the molecule is CCNc1nc2ccccc2n1-c1cncc(Nc2ccc(C(F)(F)F)cc2)n1. The van der Waals surface area contributed by atoms with Gasteiger partial charge in [0.1, 0.15) is 0 Å². The number of imidazole rings is 1. The number of alkyl halides is 3. The van der Waals surface area contributed by atoms with E-state index in [2.05, 4.69) is 25.6 Å². The number of hydrogen-bond donors (Lipinski definition) is 2. The number of rotatable bonds is 5.